The number of benzene rings is 2. The summed E-state index contributed by atoms with van der Waals surface area (Å²) in [5, 5.41) is 4.36. The van der Waals surface area contributed by atoms with Crippen LogP contribution in [0.15, 0.2) is 60.7 Å². The summed E-state index contributed by atoms with van der Waals surface area (Å²) in [7, 11) is -20.2. The molecule has 0 bridgehead atoms. The van der Waals surface area contributed by atoms with Gasteiger partial charge in [-0.2, -0.15) is 0 Å². The maximum atomic E-state index is 11.0. The zero-order chi connectivity index (χ0) is 33.3. The zero-order valence-corrected chi connectivity index (χ0v) is 33.8. The molecule has 0 spiro atoms. The Kier molecular flexibility index (Phi) is 29.1. The van der Waals surface area contributed by atoms with E-state index in [0.717, 1.165) is 11.5 Å². The van der Waals surface area contributed by atoms with Crippen molar-refractivity contribution in [3.05, 3.63) is 60.7 Å². The van der Waals surface area contributed by atoms with Crippen LogP contribution in [-0.2, 0) is 18.3 Å². The first-order valence-corrected chi connectivity index (χ1v) is 20.1. The summed E-state index contributed by atoms with van der Waals surface area (Å²) in [5.74, 6) is 1.52. The van der Waals surface area contributed by atoms with E-state index in [1.807, 2.05) is 60.7 Å². The Hall–Kier alpha value is 0.520. The molecule has 0 radical (unpaired) electrons. The Morgan fingerprint density at radius 3 is 1.11 bits per heavy atom. The first-order valence-electron chi connectivity index (χ1n) is 13.4. The van der Waals surface area contributed by atoms with E-state index in [2.05, 4.69) is 10.6 Å². The van der Waals surface area contributed by atoms with Crippen molar-refractivity contribution in [3.63, 3.8) is 0 Å². The molecule has 2 aromatic carbocycles. The molecular weight excluding hydrogens is 726 g/mol. The fraction of sp³-hybridized carbons (Fsp3) is 0.500. The van der Waals surface area contributed by atoms with Gasteiger partial charge in [-0.25, -0.2) is 0 Å². The normalized spacial score (nSPS) is 15.0. The molecule has 0 aliphatic heterocycles. The summed E-state index contributed by atoms with van der Waals surface area (Å²) < 4.78 is 54.7. The van der Waals surface area contributed by atoms with Crippen molar-refractivity contribution < 1.29 is 131 Å². The summed E-state index contributed by atoms with van der Waals surface area (Å²) in [6.07, 6.45) is 3.78. The van der Waals surface area contributed by atoms with Crippen molar-refractivity contribution in [1.29, 1.82) is 0 Å². The van der Waals surface area contributed by atoms with E-state index >= 15 is 0 Å². The van der Waals surface area contributed by atoms with Gasteiger partial charge in [0.2, 0.25) is 0 Å². The fourth-order valence-corrected chi connectivity index (χ4v) is 8.03. The number of para-hydroxylation sites is 2. The first kappa shape index (κ1) is 51.9. The molecule has 2 rings (SSSR count). The van der Waals surface area contributed by atoms with Crippen LogP contribution in [0.2, 0.25) is 0 Å². The number of nitrogens with one attached hydrogen (secondary N) is 2. The summed E-state index contributed by atoms with van der Waals surface area (Å²) >= 11 is 0. The van der Waals surface area contributed by atoms with Crippen LogP contribution in [0.3, 0.4) is 0 Å². The molecule has 0 amide bonds. The average Bonchev–Trinajstić information content (AvgIpc) is 2.90. The van der Waals surface area contributed by atoms with Crippen molar-refractivity contribution in [1.82, 2.24) is 10.6 Å². The number of hydrogen-bond donors (Lipinski definition) is 8. The van der Waals surface area contributed by atoms with Crippen LogP contribution in [0, 0.1) is 0 Å². The summed E-state index contributed by atoms with van der Waals surface area (Å²) in [6.45, 7) is 1.11. The Morgan fingerprint density at radius 2 is 0.851 bits per heavy atom. The molecule has 0 fully saturated rings. The van der Waals surface area contributed by atoms with Crippen LogP contribution < -0.4 is 89.0 Å². The molecule has 0 aliphatic carbocycles. The average molecular weight is 768 g/mol. The minimum atomic E-state index is -5.15. The van der Waals surface area contributed by atoms with Gasteiger partial charge in [0.05, 0.1) is 13.2 Å². The Bertz CT molecular complexity index is 1120. The summed E-state index contributed by atoms with van der Waals surface area (Å²) in [6, 6.07) is 18.5. The largest absolute Gasteiger partial charge is 1.00 e. The van der Waals surface area contributed by atoms with E-state index in [9.17, 15) is 28.0 Å². The third-order valence-corrected chi connectivity index (χ3v) is 12.4. The minimum absolute atomic E-state index is 0. The van der Waals surface area contributed by atoms with Gasteiger partial charge in [-0.15, -0.1) is 0 Å². The van der Waals surface area contributed by atoms with E-state index < -0.39 is 41.4 Å². The maximum absolute atomic E-state index is 11.0. The third kappa shape index (κ3) is 25.2. The van der Waals surface area contributed by atoms with Crippen molar-refractivity contribution >= 4 is 30.4 Å². The van der Waals surface area contributed by atoms with Crippen LogP contribution >= 0.6 is 30.4 Å². The van der Waals surface area contributed by atoms with Crippen LogP contribution in [0.5, 0.6) is 11.5 Å². The van der Waals surface area contributed by atoms with Gasteiger partial charge >= 0.3 is 74.3 Å². The van der Waals surface area contributed by atoms with Gasteiger partial charge in [0.1, 0.15) is 11.5 Å². The van der Waals surface area contributed by atoms with E-state index in [-0.39, 0.29) is 77.7 Å². The Balaban J connectivity index is -0.000000774. The Morgan fingerprint density at radius 1 is 0.553 bits per heavy atom. The summed E-state index contributed by atoms with van der Waals surface area (Å²) in [5.41, 5.74) is -4.50. The summed E-state index contributed by atoms with van der Waals surface area (Å²) in [4.78, 5) is 74.9. The molecule has 0 saturated carbocycles. The van der Waals surface area contributed by atoms with E-state index in [1.54, 1.807) is 0 Å². The van der Waals surface area contributed by atoms with Gasteiger partial charge < -0.3 is 63.2 Å². The van der Waals surface area contributed by atoms with Gasteiger partial charge in [0, 0.05) is 0 Å². The predicted octanol–water partition coefficient (Wildman–Crippen LogP) is -5.15. The quantitative estimate of drug-likeness (QED) is 0.0355. The molecule has 0 saturated heterocycles. The number of hydrogen-bond acceptors (Lipinski definition) is 10. The molecule has 2 aromatic rings. The molecule has 47 heavy (non-hydrogen) atoms. The fourth-order valence-electron chi connectivity index (χ4n) is 3.53. The number of rotatable bonds is 20. The molecule has 10 N–H and O–H groups in total. The second-order valence-electron chi connectivity index (χ2n) is 9.41. The molecule has 17 nitrogen and oxygen atoms in total. The SMILES string of the molecule is O.O=P([O-])(O)C(NCCCCCOc1ccccc1)P(=O)(O)O.O=P([O-])(O)C(NCCCCCOc1ccccc1)P(=O)(O)O.[Na+].[Na+]. The smallest absolute Gasteiger partial charge is 0.777 e. The van der Waals surface area contributed by atoms with Crippen molar-refractivity contribution in [2.75, 3.05) is 26.3 Å². The molecule has 4 atom stereocenters. The second-order valence-corrected chi connectivity index (χ2v) is 16.9. The predicted molar refractivity (Wildman–Crippen MR) is 163 cm³/mol. The number of unbranched alkanes of at least 4 members (excludes halogenated alkanes) is 4. The Labute approximate surface area is 318 Å². The first-order chi connectivity index (χ1) is 20.4. The molecule has 0 aliphatic rings. The van der Waals surface area contributed by atoms with Gasteiger partial charge in [-0.3, -0.25) is 19.8 Å². The minimum Gasteiger partial charge on any atom is -0.777 e. The van der Waals surface area contributed by atoms with E-state index in [0.29, 0.717) is 51.7 Å². The van der Waals surface area contributed by atoms with Gasteiger partial charge in [0.15, 0.2) is 26.2 Å². The molecule has 4 unspecified atom stereocenters. The third-order valence-electron chi connectivity index (χ3n) is 5.58. The van der Waals surface area contributed by atoms with Crippen molar-refractivity contribution in [2.24, 2.45) is 0 Å². The standard InChI is InChI=1S/2C12H21NO7P2.2Na.H2O/c2*14-21(15,16)12(22(17,18)19)13-9-5-2-6-10-20-11-7-3-1-4-8-11;;;/h2*1,3-4,7-8,12-13H,2,5-6,9-10H2,(H2,14,15,16)(H2,17,18,19);;;1H2/q;;2*+1;/p-2. The van der Waals surface area contributed by atoms with Crippen molar-refractivity contribution in [3.8, 4) is 11.5 Å². The monoisotopic (exact) mass is 768 g/mol. The van der Waals surface area contributed by atoms with Crippen LogP contribution in [0.1, 0.15) is 38.5 Å². The van der Waals surface area contributed by atoms with E-state index in [1.165, 1.54) is 0 Å². The van der Waals surface area contributed by atoms with Crippen LogP contribution in [0.4, 0.5) is 0 Å². The van der Waals surface area contributed by atoms with Crippen LogP contribution in [0.25, 0.3) is 0 Å². The van der Waals surface area contributed by atoms with Crippen LogP contribution in [-0.4, -0.2) is 72.2 Å². The second kappa shape index (κ2) is 26.3. The molecule has 260 valence electrons. The molecule has 0 heterocycles. The van der Waals surface area contributed by atoms with Gasteiger partial charge in [-0.1, -0.05) is 36.4 Å². The van der Waals surface area contributed by atoms with Crippen molar-refractivity contribution in [2.45, 2.75) is 49.6 Å². The molecule has 0 aromatic heterocycles. The topological polar surface area (TPSA) is 310 Å². The van der Waals surface area contributed by atoms with Gasteiger partial charge in [-0.05, 0) is 75.9 Å². The zero-order valence-electron chi connectivity index (χ0n) is 26.2. The number of ether oxygens (including phenoxy) is 2. The molecule has 23 heteroatoms. The maximum Gasteiger partial charge on any atom is 1.00 e. The molecular formula is C24H42N2Na2O15P4. The van der Waals surface area contributed by atoms with E-state index in [4.69, 9.17) is 38.8 Å². The van der Waals surface area contributed by atoms with Gasteiger partial charge in [0.25, 0.3) is 0 Å².